The molecule has 5 heteroatoms. The number of ether oxygens (including phenoxy) is 3. The van der Waals surface area contributed by atoms with Crippen LogP contribution in [0.15, 0.2) is 18.2 Å². The van der Waals surface area contributed by atoms with E-state index < -0.39 is 5.97 Å². The third-order valence-corrected chi connectivity index (χ3v) is 2.33. The lowest BCUT2D eigenvalue weighted by atomic mass is 10.2. The number of methoxy groups -OCH3 is 1. The molecule has 0 aliphatic heterocycles. The number of nitrogen functional groups attached to an aromatic ring is 1. The Morgan fingerprint density at radius 1 is 1.44 bits per heavy atom. The number of nitrogens with two attached hydrogens (primary N) is 1. The molecule has 18 heavy (non-hydrogen) atoms. The molecule has 1 aromatic carbocycles. The Kier molecular flexibility index (Phi) is 5.45. The Morgan fingerprint density at radius 2 is 2.17 bits per heavy atom. The average molecular weight is 253 g/mol. The van der Waals surface area contributed by atoms with Crippen LogP contribution in [0.25, 0.3) is 0 Å². The molecule has 0 saturated carbocycles. The number of rotatable bonds is 6. The van der Waals surface area contributed by atoms with Gasteiger partial charge in [0.05, 0.1) is 25.0 Å². The van der Waals surface area contributed by atoms with Crippen LogP contribution in [0.3, 0.4) is 0 Å². The minimum atomic E-state index is -0.420. The summed E-state index contributed by atoms with van der Waals surface area (Å²) in [6, 6.07) is 4.79. The second-order valence-corrected chi connectivity index (χ2v) is 3.83. The normalized spacial score (nSPS) is 11.9. The molecule has 0 amide bonds. The molecule has 0 heterocycles. The third-order valence-electron chi connectivity index (χ3n) is 2.33. The molecule has 0 bridgehead atoms. The van der Waals surface area contributed by atoms with Gasteiger partial charge in [0.1, 0.15) is 11.9 Å². The van der Waals surface area contributed by atoms with Crippen LogP contribution in [0.5, 0.6) is 5.75 Å². The summed E-state index contributed by atoms with van der Waals surface area (Å²) in [5.74, 6) is 0.116. The molecule has 0 aliphatic carbocycles. The van der Waals surface area contributed by atoms with Gasteiger partial charge in [-0.3, -0.25) is 0 Å². The van der Waals surface area contributed by atoms with E-state index in [0.717, 1.165) is 0 Å². The van der Waals surface area contributed by atoms with Crippen molar-refractivity contribution in [3.05, 3.63) is 23.8 Å². The smallest absolute Gasteiger partial charge is 0.338 e. The van der Waals surface area contributed by atoms with Gasteiger partial charge in [-0.1, -0.05) is 0 Å². The van der Waals surface area contributed by atoms with Gasteiger partial charge < -0.3 is 19.9 Å². The standard InChI is InChI=1S/C13H19NO4/c1-4-17-8-9(2)18-13(15)10-5-6-12(16-3)11(14)7-10/h5-7,9H,4,8,14H2,1-3H3. The topological polar surface area (TPSA) is 70.8 Å². The predicted molar refractivity (Wildman–Crippen MR) is 68.8 cm³/mol. The maximum absolute atomic E-state index is 11.8. The van der Waals surface area contributed by atoms with Crippen LogP contribution in [0.1, 0.15) is 24.2 Å². The van der Waals surface area contributed by atoms with E-state index >= 15 is 0 Å². The minimum absolute atomic E-state index is 0.291. The van der Waals surface area contributed by atoms with Crippen molar-refractivity contribution in [1.29, 1.82) is 0 Å². The van der Waals surface area contributed by atoms with Crippen LogP contribution in [-0.2, 0) is 9.47 Å². The fourth-order valence-electron chi connectivity index (χ4n) is 1.43. The summed E-state index contributed by atoms with van der Waals surface area (Å²) in [5, 5.41) is 0. The van der Waals surface area contributed by atoms with Crippen molar-refractivity contribution in [2.75, 3.05) is 26.1 Å². The lowest BCUT2D eigenvalue weighted by Crippen LogP contribution is -2.20. The lowest BCUT2D eigenvalue weighted by Gasteiger charge is -2.13. The van der Waals surface area contributed by atoms with Crippen molar-refractivity contribution in [3.63, 3.8) is 0 Å². The monoisotopic (exact) mass is 253 g/mol. The van der Waals surface area contributed by atoms with Crippen LogP contribution >= 0.6 is 0 Å². The van der Waals surface area contributed by atoms with Crippen LogP contribution in [-0.4, -0.2) is 32.4 Å². The fourth-order valence-corrected chi connectivity index (χ4v) is 1.43. The van der Waals surface area contributed by atoms with Gasteiger partial charge in [-0.25, -0.2) is 4.79 Å². The largest absolute Gasteiger partial charge is 0.495 e. The van der Waals surface area contributed by atoms with Crippen molar-refractivity contribution in [2.24, 2.45) is 0 Å². The molecule has 0 fully saturated rings. The van der Waals surface area contributed by atoms with Gasteiger partial charge in [0, 0.05) is 6.61 Å². The van der Waals surface area contributed by atoms with E-state index in [4.69, 9.17) is 19.9 Å². The van der Waals surface area contributed by atoms with Crippen LogP contribution in [0, 0.1) is 0 Å². The number of anilines is 1. The predicted octanol–water partition coefficient (Wildman–Crippen LogP) is 1.86. The van der Waals surface area contributed by atoms with Gasteiger partial charge in [0.15, 0.2) is 0 Å². The van der Waals surface area contributed by atoms with Gasteiger partial charge in [0.25, 0.3) is 0 Å². The van der Waals surface area contributed by atoms with E-state index in [1.54, 1.807) is 19.1 Å². The zero-order valence-corrected chi connectivity index (χ0v) is 10.9. The molecule has 0 spiro atoms. The number of esters is 1. The van der Waals surface area contributed by atoms with E-state index in [2.05, 4.69) is 0 Å². The van der Waals surface area contributed by atoms with E-state index in [-0.39, 0.29) is 6.10 Å². The van der Waals surface area contributed by atoms with Crippen LogP contribution < -0.4 is 10.5 Å². The molecule has 0 aromatic heterocycles. The van der Waals surface area contributed by atoms with E-state index in [1.165, 1.54) is 13.2 Å². The quantitative estimate of drug-likeness (QED) is 0.619. The van der Waals surface area contributed by atoms with E-state index in [9.17, 15) is 4.79 Å². The first-order valence-corrected chi connectivity index (χ1v) is 5.80. The van der Waals surface area contributed by atoms with Gasteiger partial charge >= 0.3 is 5.97 Å². The van der Waals surface area contributed by atoms with Gasteiger partial charge in [-0.15, -0.1) is 0 Å². The van der Waals surface area contributed by atoms with Gasteiger partial charge in [0.2, 0.25) is 0 Å². The summed E-state index contributed by atoms with van der Waals surface area (Å²) >= 11 is 0. The minimum Gasteiger partial charge on any atom is -0.495 e. The number of carbonyl (C=O) groups is 1. The first-order valence-electron chi connectivity index (χ1n) is 5.80. The molecule has 1 rings (SSSR count). The molecule has 5 nitrogen and oxygen atoms in total. The number of carbonyl (C=O) groups excluding carboxylic acids is 1. The van der Waals surface area contributed by atoms with Gasteiger partial charge in [-0.05, 0) is 32.0 Å². The molecule has 100 valence electrons. The second-order valence-electron chi connectivity index (χ2n) is 3.83. The summed E-state index contributed by atoms with van der Waals surface area (Å²) in [6.07, 6.45) is -0.291. The third kappa shape index (κ3) is 3.92. The summed E-state index contributed by atoms with van der Waals surface area (Å²) in [7, 11) is 1.52. The average Bonchev–Trinajstić information content (AvgIpc) is 2.36. The Bertz CT molecular complexity index is 406. The molecule has 2 N–H and O–H groups in total. The van der Waals surface area contributed by atoms with E-state index in [0.29, 0.717) is 30.2 Å². The number of benzene rings is 1. The highest BCUT2D eigenvalue weighted by Gasteiger charge is 2.13. The Labute approximate surface area is 107 Å². The summed E-state index contributed by atoms with van der Waals surface area (Å²) < 4.78 is 15.4. The first-order chi connectivity index (χ1) is 8.58. The summed E-state index contributed by atoms with van der Waals surface area (Å²) in [5.41, 5.74) is 6.53. The number of hydrogen-bond donors (Lipinski definition) is 1. The van der Waals surface area contributed by atoms with Gasteiger partial charge in [-0.2, -0.15) is 0 Å². The second kappa shape index (κ2) is 6.86. The van der Waals surface area contributed by atoms with Crippen molar-refractivity contribution in [3.8, 4) is 5.75 Å². The highest BCUT2D eigenvalue weighted by atomic mass is 16.6. The maximum atomic E-state index is 11.8. The molecular formula is C13H19NO4. The summed E-state index contributed by atoms with van der Waals surface area (Å²) in [6.45, 7) is 4.64. The maximum Gasteiger partial charge on any atom is 0.338 e. The van der Waals surface area contributed by atoms with Crippen molar-refractivity contribution < 1.29 is 19.0 Å². The SMILES string of the molecule is CCOCC(C)OC(=O)c1ccc(OC)c(N)c1. The Morgan fingerprint density at radius 3 is 2.72 bits per heavy atom. The Hall–Kier alpha value is -1.75. The summed E-state index contributed by atoms with van der Waals surface area (Å²) in [4.78, 5) is 11.8. The van der Waals surface area contributed by atoms with E-state index in [1.807, 2.05) is 6.92 Å². The zero-order chi connectivity index (χ0) is 13.5. The van der Waals surface area contributed by atoms with Crippen LogP contribution in [0.2, 0.25) is 0 Å². The highest BCUT2D eigenvalue weighted by Crippen LogP contribution is 2.22. The molecule has 0 radical (unpaired) electrons. The lowest BCUT2D eigenvalue weighted by molar-refractivity contribution is 0.00440. The van der Waals surface area contributed by atoms with Crippen molar-refractivity contribution in [2.45, 2.75) is 20.0 Å². The highest BCUT2D eigenvalue weighted by molar-refractivity contribution is 5.91. The Balaban J connectivity index is 2.64. The molecule has 0 aliphatic rings. The fraction of sp³-hybridized carbons (Fsp3) is 0.462. The molecule has 1 aromatic rings. The molecule has 1 unspecified atom stereocenters. The molecular weight excluding hydrogens is 234 g/mol. The van der Waals surface area contributed by atoms with Crippen molar-refractivity contribution in [1.82, 2.24) is 0 Å². The van der Waals surface area contributed by atoms with Crippen LogP contribution in [0.4, 0.5) is 5.69 Å². The molecule has 0 saturated heterocycles. The first kappa shape index (κ1) is 14.3. The van der Waals surface area contributed by atoms with Crippen molar-refractivity contribution >= 4 is 11.7 Å². The zero-order valence-electron chi connectivity index (χ0n) is 10.9. The molecule has 1 atom stereocenters. The number of hydrogen-bond acceptors (Lipinski definition) is 5.